The molecule has 2 aliphatic rings. The molecule has 0 aliphatic carbocycles. The predicted molar refractivity (Wildman–Crippen MR) is 100 cm³/mol. The highest BCUT2D eigenvalue weighted by atomic mass is 35.5. The molecule has 0 N–H and O–H groups in total. The van der Waals surface area contributed by atoms with Gasteiger partial charge in [0.2, 0.25) is 0 Å². The lowest BCUT2D eigenvalue weighted by Crippen LogP contribution is -2.44. The van der Waals surface area contributed by atoms with Crippen LogP contribution in [0.1, 0.15) is 12.0 Å². The van der Waals surface area contributed by atoms with Gasteiger partial charge < -0.3 is 19.3 Å². The Morgan fingerprint density at radius 3 is 2.52 bits per heavy atom. The average Bonchev–Trinajstić information content (AvgIpc) is 2.62. The fourth-order valence-corrected chi connectivity index (χ4v) is 3.71. The SMILES string of the molecule is CN1CCN(CCCc2cc3cc4c(cc3nc2Cl)OCCO4)CC1. The van der Waals surface area contributed by atoms with E-state index in [4.69, 9.17) is 21.1 Å². The van der Waals surface area contributed by atoms with Crippen molar-refractivity contribution in [2.75, 3.05) is 53.0 Å². The first-order valence-electron chi connectivity index (χ1n) is 8.99. The van der Waals surface area contributed by atoms with Crippen LogP contribution < -0.4 is 9.47 Å². The van der Waals surface area contributed by atoms with Gasteiger partial charge in [-0.2, -0.15) is 0 Å². The molecule has 1 saturated heterocycles. The third-order valence-electron chi connectivity index (χ3n) is 5.02. The minimum atomic E-state index is 0.580. The van der Waals surface area contributed by atoms with Crippen molar-refractivity contribution < 1.29 is 9.47 Å². The molecule has 2 aliphatic heterocycles. The van der Waals surface area contributed by atoms with Crippen LogP contribution >= 0.6 is 11.6 Å². The van der Waals surface area contributed by atoms with E-state index >= 15 is 0 Å². The summed E-state index contributed by atoms with van der Waals surface area (Å²) in [6, 6.07) is 6.08. The van der Waals surface area contributed by atoms with Crippen molar-refractivity contribution in [3.8, 4) is 11.5 Å². The number of hydrogen-bond donors (Lipinski definition) is 0. The normalized spacial score (nSPS) is 18.6. The highest BCUT2D eigenvalue weighted by molar-refractivity contribution is 6.30. The summed E-state index contributed by atoms with van der Waals surface area (Å²) in [4.78, 5) is 9.48. The molecule has 0 atom stereocenters. The van der Waals surface area contributed by atoms with E-state index in [0.29, 0.717) is 18.4 Å². The number of benzene rings is 1. The van der Waals surface area contributed by atoms with Crippen LogP contribution in [0.25, 0.3) is 10.9 Å². The van der Waals surface area contributed by atoms with Crippen molar-refractivity contribution in [1.82, 2.24) is 14.8 Å². The maximum Gasteiger partial charge on any atom is 0.163 e. The molecular weight excluding hydrogens is 338 g/mol. The summed E-state index contributed by atoms with van der Waals surface area (Å²) in [7, 11) is 2.19. The monoisotopic (exact) mass is 361 g/mol. The zero-order valence-corrected chi connectivity index (χ0v) is 15.4. The van der Waals surface area contributed by atoms with E-state index < -0.39 is 0 Å². The van der Waals surface area contributed by atoms with Crippen LogP contribution in [0, 0.1) is 0 Å². The van der Waals surface area contributed by atoms with Gasteiger partial charge in [0, 0.05) is 37.6 Å². The maximum atomic E-state index is 6.42. The summed E-state index contributed by atoms with van der Waals surface area (Å²) in [5, 5.41) is 1.66. The number of aromatic nitrogens is 1. The summed E-state index contributed by atoms with van der Waals surface area (Å²) in [5.41, 5.74) is 1.97. The Hall–Kier alpha value is -1.56. The number of ether oxygens (including phenoxy) is 2. The van der Waals surface area contributed by atoms with Crippen LogP contribution in [0.2, 0.25) is 5.15 Å². The van der Waals surface area contributed by atoms with Crippen molar-refractivity contribution in [3.63, 3.8) is 0 Å². The Kier molecular flexibility index (Phi) is 4.97. The summed E-state index contributed by atoms with van der Waals surface area (Å²) >= 11 is 6.42. The first-order valence-corrected chi connectivity index (χ1v) is 9.36. The van der Waals surface area contributed by atoms with Gasteiger partial charge in [0.05, 0.1) is 5.52 Å². The number of piperazine rings is 1. The summed E-state index contributed by atoms with van der Waals surface area (Å²) in [5.74, 6) is 1.55. The minimum absolute atomic E-state index is 0.580. The second-order valence-corrected chi connectivity index (χ2v) is 7.23. The Labute approximate surface area is 153 Å². The molecule has 5 nitrogen and oxygen atoms in total. The number of halogens is 1. The minimum Gasteiger partial charge on any atom is -0.486 e. The molecule has 0 spiro atoms. The van der Waals surface area contributed by atoms with E-state index in [1.54, 1.807) is 0 Å². The summed E-state index contributed by atoms with van der Waals surface area (Å²) in [6.07, 6.45) is 2.05. The molecule has 0 saturated carbocycles. The molecule has 0 unspecified atom stereocenters. The van der Waals surface area contributed by atoms with Gasteiger partial charge in [-0.05, 0) is 44.1 Å². The number of hydrogen-bond acceptors (Lipinski definition) is 5. The second-order valence-electron chi connectivity index (χ2n) is 6.88. The number of rotatable bonds is 4. The first-order chi connectivity index (χ1) is 12.2. The second kappa shape index (κ2) is 7.36. The largest absolute Gasteiger partial charge is 0.486 e. The van der Waals surface area contributed by atoms with Crippen molar-refractivity contribution in [2.45, 2.75) is 12.8 Å². The van der Waals surface area contributed by atoms with E-state index in [-0.39, 0.29) is 0 Å². The standard InChI is InChI=1S/C19H24ClN3O2/c1-22-5-7-23(8-6-22)4-2-3-14-11-15-12-17-18(25-10-9-24-17)13-16(15)21-19(14)20/h11-13H,2-10H2,1H3. The summed E-state index contributed by atoms with van der Waals surface area (Å²) in [6.45, 7) is 6.92. The Bertz CT molecular complexity index is 760. The number of pyridine rings is 1. The van der Waals surface area contributed by atoms with E-state index in [9.17, 15) is 0 Å². The van der Waals surface area contributed by atoms with Crippen molar-refractivity contribution in [1.29, 1.82) is 0 Å². The van der Waals surface area contributed by atoms with Crippen LogP contribution in [0.4, 0.5) is 0 Å². The van der Waals surface area contributed by atoms with Crippen molar-refractivity contribution >= 4 is 22.5 Å². The highest BCUT2D eigenvalue weighted by Crippen LogP contribution is 2.35. The molecule has 4 rings (SSSR count). The number of aryl methyl sites for hydroxylation is 1. The van der Waals surface area contributed by atoms with Crippen molar-refractivity contribution in [3.05, 3.63) is 28.9 Å². The third kappa shape index (κ3) is 3.84. The molecule has 6 heteroatoms. The molecule has 0 amide bonds. The topological polar surface area (TPSA) is 37.8 Å². The molecule has 1 aromatic heterocycles. The highest BCUT2D eigenvalue weighted by Gasteiger charge is 2.16. The molecule has 25 heavy (non-hydrogen) atoms. The molecular formula is C19H24ClN3O2. The molecule has 134 valence electrons. The van der Waals surface area contributed by atoms with E-state index in [1.807, 2.05) is 12.1 Å². The fourth-order valence-electron chi connectivity index (χ4n) is 3.47. The van der Waals surface area contributed by atoms with Crippen LogP contribution in [0.3, 0.4) is 0 Å². The van der Waals surface area contributed by atoms with Gasteiger partial charge in [-0.15, -0.1) is 0 Å². The van der Waals surface area contributed by atoms with Gasteiger partial charge in [0.15, 0.2) is 11.5 Å². The lowest BCUT2D eigenvalue weighted by Gasteiger charge is -2.32. The average molecular weight is 362 g/mol. The third-order valence-corrected chi connectivity index (χ3v) is 5.35. The molecule has 0 radical (unpaired) electrons. The Balaban J connectivity index is 1.45. The van der Waals surface area contributed by atoms with Gasteiger partial charge in [-0.1, -0.05) is 11.6 Å². The molecule has 1 fully saturated rings. The zero-order valence-electron chi connectivity index (χ0n) is 14.6. The van der Waals surface area contributed by atoms with E-state index in [1.165, 1.54) is 0 Å². The van der Waals surface area contributed by atoms with E-state index in [0.717, 1.165) is 73.5 Å². The quantitative estimate of drug-likeness (QED) is 0.783. The van der Waals surface area contributed by atoms with Gasteiger partial charge in [0.25, 0.3) is 0 Å². The van der Waals surface area contributed by atoms with Gasteiger partial charge in [0.1, 0.15) is 18.4 Å². The van der Waals surface area contributed by atoms with Crippen LogP contribution in [-0.2, 0) is 6.42 Å². The fraction of sp³-hybridized carbons (Fsp3) is 0.526. The Morgan fingerprint density at radius 1 is 1.04 bits per heavy atom. The Morgan fingerprint density at radius 2 is 1.76 bits per heavy atom. The number of nitrogens with zero attached hydrogens (tertiary/aromatic N) is 3. The summed E-state index contributed by atoms with van der Waals surface area (Å²) < 4.78 is 11.3. The van der Waals surface area contributed by atoms with Gasteiger partial charge in [-0.3, -0.25) is 0 Å². The van der Waals surface area contributed by atoms with Gasteiger partial charge in [-0.25, -0.2) is 4.98 Å². The molecule has 3 heterocycles. The maximum absolute atomic E-state index is 6.42. The molecule has 0 bridgehead atoms. The molecule has 2 aromatic rings. The van der Waals surface area contributed by atoms with Crippen LogP contribution in [-0.4, -0.2) is 67.8 Å². The zero-order chi connectivity index (χ0) is 17.2. The lowest BCUT2D eigenvalue weighted by molar-refractivity contribution is 0.153. The number of likely N-dealkylation sites (N-methyl/N-ethyl adjacent to an activating group) is 1. The van der Waals surface area contributed by atoms with Crippen LogP contribution in [0.15, 0.2) is 18.2 Å². The van der Waals surface area contributed by atoms with Crippen molar-refractivity contribution in [2.24, 2.45) is 0 Å². The number of fused-ring (bicyclic) bond motifs is 2. The first kappa shape index (κ1) is 16.9. The van der Waals surface area contributed by atoms with Gasteiger partial charge >= 0.3 is 0 Å². The van der Waals surface area contributed by atoms with Crippen LogP contribution in [0.5, 0.6) is 11.5 Å². The predicted octanol–water partition coefficient (Wildman–Crippen LogP) is 2.84. The molecule has 1 aromatic carbocycles. The van der Waals surface area contributed by atoms with E-state index in [2.05, 4.69) is 27.9 Å². The lowest BCUT2D eigenvalue weighted by atomic mass is 10.1. The smallest absolute Gasteiger partial charge is 0.163 e.